The molecule has 4 N–H and O–H groups in total. The summed E-state index contributed by atoms with van der Waals surface area (Å²) >= 11 is 0. The number of hydrogen-bond donors (Lipinski definition) is 3. The Morgan fingerprint density at radius 1 is 0.951 bits per heavy atom. The lowest BCUT2D eigenvalue weighted by Crippen LogP contribution is -2.48. The Hall–Kier alpha value is -3.08. The number of benzene rings is 2. The summed E-state index contributed by atoms with van der Waals surface area (Å²) < 4.78 is 0. The number of halogens is 3. The number of nitrogen functional groups attached to an aromatic ring is 1. The SMILES string of the molecule is CCNCCNC(=O)CN(CC(=O)N(C)N1Cc2ccccc2C1)c1ccc(-c2ccc(N)nc2)cc1C.Cl.Cl.Cl. The lowest BCUT2D eigenvalue weighted by atomic mass is 10.0. The number of rotatable bonds is 11. The van der Waals surface area contributed by atoms with E-state index in [0.29, 0.717) is 32.0 Å². The zero-order valence-electron chi connectivity index (χ0n) is 23.6. The van der Waals surface area contributed by atoms with Crippen molar-refractivity contribution in [3.63, 3.8) is 0 Å². The summed E-state index contributed by atoms with van der Waals surface area (Å²) in [5.74, 6) is 0.264. The number of pyridine rings is 1. The molecule has 0 bridgehead atoms. The van der Waals surface area contributed by atoms with Crippen molar-refractivity contribution in [1.82, 2.24) is 25.6 Å². The number of amides is 2. The van der Waals surface area contributed by atoms with Gasteiger partial charge in [0.25, 0.3) is 5.91 Å². The van der Waals surface area contributed by atoms with Crippen LogP contribution in [-0.2, 0) is 22.7 Å². The molecule has 2 aromatic carbocycles. The molecule has 0 unspecified atom stereocenters. The number of carbonyl (C=O) groups is 2. The molecular formula is C29H40Cl3N7O2. The average molecular weight is 625 g/mol. The number of hydrazine groups is 1. The van der Waals surface area contributed by atoms with Crippen LogP contribution in [0.5, 0.6) is 0 Å². The number of nitrogens with one attached hydrogen (secondary N) is 2. The predicted octanol–water partition coefficient (Wildman–Crippen LogP) is 3.83. The molecule has 2 heterocycles. The van der Waals surface area contributed by atoms with Gasteiger partial charge in [0.05, 0.1) is 13.1 Å². The lowest BCUT2D eigenvalue weighted by molar-refractivity contribution is -0.145. The van der Waals surface area contributed by atoms with E-state index in [1.807, 2.05) is 60.2 Å². The number of likely N-dealkylation sites (N-methyl/N-ethyl adjacent to an activating group) is 2. The van der Waals surface area contributed by atoms with Gasteiger partial charge in [0, 0.05) is 50.7 Å². The fourth-order valence-electron chi connectivity index (χ4n) is 4.64. The standard InChI is InChI=1S/C29H37N7O2.3ClH/c1-4-31-13-14-32-28(37)19-35(20-29(38)34(3)36-17-24-7-5-6-8-25(24)18-36)26-11-9-22(15-21(26)2)23-10-12-27(30)33-16-23;;;/h5-12,15-16,31H,4,13-14,17-20H2,1-3H3,(H2,30,33)(H,32,37);3*1H. The highest BCUT2D eigenvalue weighted by Crippen LogP contribution is 2.28. The van der Waals surface area contributed by atoms with Gasteiger partial charge in [-0.2, -0.15) is 0 Å². The van der Waals surface area contributed by atoms with Crippen molar-refractivity contribution < 1.29 is 9.59 Å². The summed E-state index contributed by atoms with van der Waals surface area (Å²) in [6.07, 6.45) is 1.74. The first-order valence-electron chi connectivity index (χ1n) is 13.0. The number of hydrogen-bond acceptors (Lipinski definition) is 7. The molecule has 1 aromatic heterocycles. The molecule has 0 atom stereocenters. The fraction of sp³-hybridized carbons (Fsp3) is 0.345. The van der Waals surface area contributed by atoms with Crippen LogP contribution in [0.2, 0.25) is 0 Å². The van der Waals surface area contributed by atoms with E-state index in [4.69, 9.17) is 5.73 Å². The summed E-state index contributed by atoms with van der Waals surface area (Å²) in [5.41, 5.74) is 11.9. The highest BCUT2D eigenvalue weighted by Gasteiger charge is 2.27. The van der Waals surface area contributed by atoms with Gasteiger partial charge in [0.2, 0.25) is 5.91 Å². The van der Waals surface area contributed by atoms with Gasteiger partial charge < -0.3 is 21.3 Å². The van der Waals surface area contributed by atoms with E-state index in [0.717, 1.165) is 28.9 Å². The van der Waals surface area contributed by atoms with Crippen LogP contribution >= 0.6 is 37.2 Å². The first-order valence-corrected chi connectivity index (χ1v) is 13.0. The van der Waals surface area contributed by atoms with E-state index in [1.54, 1.807) is 24.3 Å². The van der Waals surface area contributed by atoms with Crippen LogP contribution in [0.1, 0.15) is 23.6 Å². The summed E-state index contributed by atoms with van der Waals surface area (Å²) in [6.45, 7) is 7.62. The Bertz CT molecular complexity index is 1250. The van der Waals surface area contributed by atoms with E-state index >= 15 is 0 Å². The first-order chi connectivity index (χ1) is 18.4. The van der Waals surface area contributed by atoms with Gasteiger partial charge >= 0.3 is 0 Å². The minimum atomic E-state index is -0.127. The van der Waals surface area contributed by atoms with Gasteiger partial charge in [-0.3, -0.25) is 14.6 Å². The predicted molar refractivity (Wildman–Crippen MR) is 173 cm³/mol. The number of nitrogens with zero attached hydrogens (tertiary/aromatic N) is 4. The van der Waals surface area contributed by atoms with Crippen molar-refractivity contribution in [3.8, 4) is 11.1 Å². The van der Waals surface area contributed by atoms with Crippen LogP contribution in [0.4, 0.5) is 11.5 Å². The molecule has 1 aliphatic rings. The maximum atomic E-state index is 13.5. The van der Waals surface area contributed by atoms with Gasteiger partial charge in [-0.1, -0.05) is 37.3 Å². The Labute approximate surface area is 261 Å². The summed E-state index contributed by atoms with van der Waals surface area (Å²) in [5, 5.41) is 9.87. The maximum Gasteiger partial charge on any atom is 0.256 e. The second-order valence-electron chi connectivity index (χ2n) is 9.54. The molecule has 0 spiro atoms. The minimum absolute atomic E-state index is 0. The zero-order valence-corrected chi connectivity index (χ0v) is 26.1. The van der Waals surface area contributed by atoms with Gasteiger partial charge in [-0.05, 0) is 60.0 Å². The van der Waals surface area contributed by atoms with E-state index in [-0.39, 0.29) is 62.1 Å². The van der Waals surface area contributed by atoms with E-state index in [9.17, 15) is 9.59 Å². The number of nitrogens with two attached hydrogens (primary N) is 1. The normalized spacial score (nSPS) is 11.8. The number of anilines is 2. The van der Waals surface area contributed by atoms with Crippen molar-refractivity contribution in [2.75, 3.05) is 50.4 Å². The van der Waals surface area contributed by atoms with Gasteiger partial charge in [-0.25, -0.2) is 9.99 Å². The van der Waals surface area contributed by atoms with Crippen molar-refractivity contribution in [2.45, 2.75) is 26.9 Å². The molecule has 2 amide bonds. The topological polar surface area (TPSA) is 107 Å². The molecule has 41 heavy (non-hydrogen) atoms. The highest BCUT2D eigenvalue weighted by atomic mass is 35.5. The molecule has 1 aliphatic heterocycles. The van der Waals surface area contributed by atoms with Crippen LogP contribution in [0.3, 0.4) is 0 Å². The van der Waals surface area contributed by atoms with Crippen LogP contribution in [0.25, 0.3) is 11.1 Å². The van der Waals surface area contributed by atoms with Crippen LogP contribution < -0.4 is 21.3 Å². The first kappa shape index (κ1) is 35.9. The monoisotopic (exact) mass is 623 g/mol. The second-order valence-corrected chi connectivity index (χ2v) is 9.54. The lowest BCUT2D eigenvalue weighted by Gasteiger charge is -2.32. The van der Waals surface area contributed by atoms with Crippen molar-refractivity contribution in [2.24, 2.45) is 0 Å². The zero-order chi connectivity index (χ0) is 27.1. The Morgan fingerprint density at radius 3 is 2.20 bits per heavy atom. The molecule has 0 radical (unpaired) electrons. The van der Waals surface area contributed by atoms with E-state index < -0.39 is 0 Å². The van der Waals surface area contributed by atoms with Crippen LogP contribution in [0, 0.1) is 6.92 Å². The van der Waals surface area contributed by atoms with Crippen molar-refractivity contribution in [1.29, 1.82) is 0 Å². The molecule has 4 rings (SSSR count). The van der Waals surface area contributed by atoms with Gasteiger partial charge in [0.15, 0.2) is 0 Å². The maximum absolute atomic E-state index is 13.5. The number of fused-ring (bicyclic) bond motifs is 1. The van der Waals surface area contributed by atoms with Crippen LogP contribution in [0.15, 0.2) is 60.8 Å². The number of carbonyl (C=O) groups excluding carboxylic acids is 2. The quantitative estimate of drug-likeness (QED) is 0.279. The molecular weight excluding hydrogens is 585 g/mol. The molecule has 0 saturated heterocycles. The Kier molecular flexibility index (Phi) is 14.9. The summed E-state index contributed by atoms with van der Waals surface area (Å²) in [7, 11) is 1.80. The number of aryl methyl sites for hydroxylation is 1. The Morgan fingerprint density at radius 2 is 1.61 bits per heavy atom. The number of aromatic nitrogens is 1. The van der Waals surface area contributed by atoms with Crippen molar-refractivity contribution in [3.05, 3.63) is 77.5 Å². The minimum Gasteiger partial charge on any atom is -0.384 e. The Balaban J connectivity index is 0.00000280. The third-order valence-corrected chi connectivity index (χ3v) is 6.80. The fourth-order valence-corrected chi connectivity index (χ4v) is 4.64. The summed E-state index contributed by atoms with van der Waals surface area (Å²) in [6, 6.07) is 17.9. The average Bonchev–Trinajstić information content (AvgIpc) is 3.35. The molecule has 12 heteroatoms. The third-order valence-electron chi connectivity index (χ3n) is 6.80. The molecule has 9 nitrogen and oxygen atoms in total. The second kappa shape index (κ2) is 17.0. The molecule has 0 aliphatic carbocycles. The van der Waals surface area contributed by atoms with E-state index in [1.165, 1.54) is 11.1 Å². The largest absolute Gasteiger partial charge is 0.384 e. The van der Waals surface area contributed by atoms with E-state index in [2.05, 4.69) is 27.8 Å². The van der Waals surface area contributed by atoms with Crippen molar-refractivity contribution >= 4 is 60.5 Å². The van der Waals surface area contributed by atoms with Crippen LogP contribution in [-0.4, -0.2) is 66.6 Å². The molecule has 3 aromatic rings. The van der Waals surface area contributed by atoms with Gasteiger partial charge in [0.1, 0.15) is 5.82 Å². The summed E-state index contributed by atoms with van der Waals surface area (Å²) in [4.78, 5) is 32.3. The van der Waals surface area contributed by atoms with Gasteiger partial charge in [-0.15, -0.1) is 37.2 Å². The smallest absolute Gasteiger partial charge is 0.256 e. The third kappa shape index (κ3) is 9.48. The molecule has 224 valence electrons. The highest BCUT2D eigenvalue weighted by molar-refractivity contribution is 5.87. The molecule has 0 saturated carbocycles. The molecule has 0 fully saturated rings.